The van der Waals surface area contributed by atoms with E-state index in [-0.39, 0.29) is 5.56 Å². The highest BCUT2D eigenvalue weighted by atomic mass is 32.1. The van der Waals surface area contributed by atoms with Gasteiger partial charge in [0, 0.05) is 40.4 Å². The van der Waals surface area contributed by atoms with Gasteiger partial charge in [0.25, 0.3) is 5.56 Å². The predicted octanol–water partition coefficient (Wildman–Crippen LogP) is 4.10. The summed E-state index contributed by atoms with van der Waals surface area (Å²) in [5.41, 5.74) is 3.17. The van der Waals surface area contributed by atoms with Crippen LogP contribution in [0.4, 0.5) is 11.5 Å². The van der Waals surface area contributed by atoms with Gasteiger partial charge in [-0.2, -0.15) is 5.10 Å². The zero-order valence-electron chi connectivity index (χ0n) is 22.4. The average molecular weight is 541 g/mol. The van der Waals surface area contributed by atoms with Gasteiger partial charge in [-0.1, -0.05) is 31.8 Å². The van der Waals surface area contributed by atoms with Crippen LogP contribution in [0, 0.1) is 6.92 Å². The summed E-state index contributed by atoms with van der Waals surface area (Å²) in [6.45, 7) is 10.9. The lowest BCUT2D eigenvalue weighted by Gasteiger charge is -2.15. The molecule has 0 fully saturated rings. The van der Waals surface area contributed by atoms with E-state index in [1.807, 2.05) is 53.8 Å². The maximum atomic E-state index is 13.3. The number of aromatic nitrogens is 6. The summed E-state index contributed by atoms with van der Waals surface area (Å²) in [5, 5.41) is 9.13. The topological polar surface area (TPSA) is 96.2 Å². The number of anilines is 1. The third-order valence-corrected chi connectivity index (χ3v) is 8.17. The molecule has 0 atom stereocenters. The summed E-state index contributed by atoms with van der Waals surface area (Å²) in [5.74, 6) is 0.521. The van der Waals surface area contributed by atoms with Crippen LogP contribution in [0.15, 0.2) is 46.7 Å². The van der Waals surface area contributed by atoms with E-state index in [0.29, 0.717) is 36.4 Å². The first-order valence-electron chi connectivity index (χ1n) is 12.3. The second-order valence-corrected chi connectivity index (χ2v) is 16.5. The molecule has 0 bridgehead atoms. The fourth-order valence-corrected chi connectivity index (χ4v) is 5.15. The van der Waals surface area contributed by atoms with Crippen LogP contribution in [0.2, 0.25) is 25.7 Å². The molecule has 0 amide bonds. The van der Waals surface area contributed by atoms with E-state index >= 15 is 0 Å². The van der Waals surface area contributed by atoms with Gasteiger partial charge in [0.05, 0.1) is 41.9 Å². The largest absolute Gasteiger partial charge is 0.381 e. The molecule has 0 saturated heterocycles. The fourth-order valence-electron chi connectivity index (χ4n) is 4.14. The molecule has 0 spiro atoms. The molecular formula is C25H36N8O2SSi. The number of rotatable bonds is 11. The number of hydrogen-bond acceptors (Lipinski definition) is 6. The number of nitrogens with zero attached hydrogens (tertiary/aromatic N) is 7. The van der Waals surface area contributed by atoms with E-state index in [0.717, 1.165) is 34.8 Å². The van der Waals surface area contributed by atoms with E-state index in [4.69, 9.17) is 4.74 Å². The van der Waals surface area contributed by atoms with Crippen LogP contribution >= 0.6 is 12.6 Å². The highest BCUT2D eigenvalue weighted by Crippen LogP contribution is 2.25. The Bertz CT molecular complexity index is 1470. The number of thiol groups is 1. The Morgan fingerprint density at radius 3 is 2.73 bits per heavy atom. The molecule has 0 saturated carbocycles. The average Bonchev–Trinajstić information content (AvgIpc) is 3.49. The zero-order chi connectivity index (χ0) is 26.7. The molecular weight excluding hydrogens is 504 g/mol. The number of ether oxygens (including phenoxy) is 1. The summed E-state index contributed by atoms with van der Waals surface area (Å²) >= 11 is 4.57. The van der Waals surface area contributed by atoms with Gasteiger partial charge in [-0.3, -0.25) is 9.48 Å². The van der Waals surface area contributed by atoms with Gasteiger partial charge in [0.1, 0.15) is 12.4 Å². The normalized spacial score (nSPS) is 12.6. The molecule has 10 nitrogen and oxygen atoms in total. The zero-order valence-corrected chi connectivity index (χ0v) is 24.3. The van der Waals surface area contributed by atoms with Crippen LogP contribution in [0.3, 0.4) is 0 Å². The van der Waals surface area contributed by atoms with Gasteiger partial charge >= 0.3 is 0 Å². The van der Waals surface area contributed by atoms with Crippen molar-refractivity contribution in [3.63, 3.8) is 0 Å². The minimum absolute atomic E-state index is 0.151. The minimum Gasteiger partial charge on any atom is -0.381 e. The van der Waals surface area contributed by atoms with E-state index < -0.39 is 8.07 Å². The van der Waals surface area contributed by atoms with E-state index in [9.17, 15) is 4.79 Å². The summed E-state index contributed by atoms with van der Waals surface area (Å²) in [6, 6.07) is 7.15. The monoisotopic (exact) mass is 540 g/mol. The van der Waals surface area contributed by atoms with E-state index in [1.54, 1.807) is 22.7 Å². The van der Waals surface area contributed by atoms with Crippen molar-refractivity contribution in [1.29, 1.82) is 0 Å². The first kappa shape index (κ1) is 27.0. The standard InChI is InChI=1S/C25H36N8O2SSi/c1-18-13-31(16-27-18)15-22(36)29-24-23(26-2)25(34)33(30(24)3)14-19-8-7-9-21-20(19)12-28-32(21)17-35-10-11-37(4,5)6/h7-9,12-13,16,26H,10-11,14-15,17H2,1-6H3,(H,29,36). The van der Waals surface area contributed by atoms with Crippen LogP contribution in [0.5, 0.6) is 0 Å². The van der Waals surface area contributed by atoms with Gasteiger partial charge in [-0.15, -0.1) is 12.6 Å². The van der Waals surface area contributed by atoms with Crippen molar-refractivity contribution in [3.8, 4) is 0 Å². The second kappa shape index (κ2) is 11.1. The molecule has 0 unspecified atom stereocenters. The number of imidazole rings is 1. The molecule has 4 rings (SSSR count). The van der Waals surface area contributed by atoms with Crippen molar-refractivity contribution in [2.45, 2.75) is 52.4 Å². The van der Waals surface area contributed by atoms with Gasteiger partial charge in [0.15, 0.2) is 5.82 Å². The van der Waals surface area contributed by atoms with Crippen LogP contribution in [-0.4, -0.2) is 55.5 Å². The Morgan fingerprint density at radius 2 is 2.05 bits per heavy atom. The van der Waals surface area contributed by atoms with Crippen molar-refractivity contribution in [2.24, 2.45) is 12.0 Å². The number of aliphatic imine (C=N–C) groups is 1. The van der Waals surface area contributed by atoms with Crippen LogP contribution in [-0.2, 0) is 31.6 Å². The molecule has 12 heteroatoms. The predicted molar refractivity (Wildman–Crippen MR) is 155 cm³/mol. The molecule has 198 valence electrons. The Kier molecular flexibility index (Phi) is 8.10. The van der Waals surface area contributed by atoms with Crippen molar-refractivity contribution in [1.82, 2.24) is 28.7 Å². The molecule has 0 radical (unpaired) electrons. The van der Waals surface area contributed by atoms with E-state index in [1.165, 1.54) is 0 Å². The third-order valence-electron chi connectivity index (χ3n) is 6.22. The summed E-state index contributed by atoms with van der Waals surface area (Å²) in [7, 11) is 2.42. The molecule has 0 aliphatic carbocycles. The lowest BCUT2D eigenvalue weighted by molar-refractivity contribution is 0.0817. The maximum absolute atomic E-state index is 13.3. The smallest absolute Gasteiger partial charge is 0.292 e. The summed E-state index contributed by atoms with van der Waals surface area (Å²) in [6.07, 6.45) is 5.51. The Morgan fingerprint density at radius 1 is 1.27 bits per heavy atom. The number of fused-ring (bicyclic) bond motifs is 1. The summed E-state index contributed by atoms with van der Waals surface area (Å²) in [4.78, 5) is 22.2. The van der Waals surface area contributed by atoms with E-state index in [2.05, 4.69) is 52.7 Å². The molecule has 37 heavy (non-hydrogen) atoms. The quantitative estimate of drug-likeness (QED) is 0.0982. The summed E-state index contributed by atoms with van der Waals surface area (Å²) < 4.78 is 13.1. The van der Waals surface area contributed by atoms with Gasteiger partial charge in [-0.05, 0) is 24.6 Å². The number of benzene rings is 1. The number of hydrogen-bond donors (Lipinski definition) is 2. The number of aryl methyl sites for hydroxylation is 1. The van der Waals surface area contributed by atoms with Gasteiger partial charge in [-0.25, -0.2) is 19.3 Å². The minimum atomic E-state index is -1.14. The van der Waals surface area contributed by atoms with Crippen molar-refractivity contribution >= 4 is 48.2 Å². The highest BCUT2D eigenvalue weighted by Gasteiger charge is 2.19. The van der Waals surface area contributed by atoms with Crippen LogP contribution < -0.4 is 10.9 Å². The van der Waals surface area contributed by atoms with Gasteiger partial charge in [0.2, 0.25) is 0 Å². The molecule has 1 aromatic carbocycles. The van der Waals surface area contributed by atoms with Crippen molar-refractivity contribution in [2.75, 3.05) is 19.0 Å². The first-order valence-corrected chi connectivity index (χ1v) is 16.5. The molecule has 0 aliphatic heterocycles. The highest BCUT2D eigenvalue weighted by molar-refractivity contribution is 7.97. The van der Waals surface area contributed by atoms with Crippen LogP contribution in [0.25, 0.3) is 10.9 Å². The van der Waals surface area contributed by atoms with Crippen molar-refractivity contribution < 1.29 is 4.74 Å². The molecule has 0 aliphatic rings. The lowest BCUT2D eigenvalue weighted by Crippen LogP contribution is -2.23. The Hall–Kier alpha value is -3.09. The third kappa shape index (κ3) is 6.25. The number of nitrogens with one attached hydrogen (secondary N) is 1. The maximum Gasteiger partial charge on any atom is 0.292 e. The molecule has 4 aromatic rings. The second-order valence-electron chi connectivity index (χ2n) is 10.4. The molecule has 1 N–H and O–H groups in total. The molecule has 3 heterocycles. The van der Waals surface area contributed by atoms with Crippen LogP contribution in [0.1, 0.15) is 11.3 Å². The SMILES string of the molecule is CNc1c(/N=C(\S)Cn2cnc(C)c2)n(C)n(Cc2cccc3c2cnn3COCC[Si](C)(C)C)c1=O. The lowest BCUT2D eigenvalue weighted by atomic mass is 10.1. The Balaban J connectivity index is 1.58. The fraction of sp³-hybridized carbons (Fsp3) is 0.440. The van der Waals surface area contributed by atoms with Crippen molar-refractivity contribution in [3.05, 3.63) is 58.5 Å². The Labute approximate surface area is 223 Å². The first-order chi connectivity index (χ1) is 17.6. The van der Waals surface area contributed by atoms with Gasteiger partial charge < -0.3 is 14.6 Å². The molecule has 3 aromatic heterocycles.